The number of Topliss-reactive ketones (excluding diaryl/α,β-unsaturated/α-hetero) is 1. The van der Waals surface area contributed by atoms with Crippen molar-refractivity contribution in [2.45, 2.75) is 58.3 Å². The number of aromatic nitrogens is 2. The van der Waals surface area contributed by atoms with Gasteiger partial charge in [0.15, 0.2) is 0 Å². The second-order valence-electron chi connectivity index (χ2n) is 7.27. The number of aromatic amines is 1. The van der Waals surface area contributed by atoms with Gasteiger partial charge >= 0.3 is 0 Å². The number of nitrogens with one attached hydrogen (secondary N) is 1. The average molecular weight is 395 g/mol. The van der Waals surface area contributed by atoms with Gasteiger partial charge in [-0.3, -0.25) is 9.89 Å². The van der Waals surface area contributed by atoms with E-state index in [1.54, 1.807) is 18.2 Å². The molecule has 0 radical (unpaired) electrons. The molecule has 0 aliphatic carbocycles. The zero-order valence-corrected chi connectivity index (χ0v) is 17.5. The summed E-state index contributed by atoms with van der Waals surface area (Å²) in [5.74, 6) is 0.183. The first-order valence-electron chi connectivity index (χ1n) is 10.3. The zero-order chi connectivity index (χ0) is 21.1. The van der Waals surface area contributed by atoms with E-state index in [1.807, 2.05) is 31.2 Å². The third kappa shape index (κ3) is 7.30. The summed E-state index contributed by atoms with van der Waals surface area (Å²) < 4.78 is 13.2. The van der Waals surface area contributed by atoms with Gasteiger partial charge in [-0.1, -0.05) is 56.4 Å². The Hall–Kier alpha value is -2.75. The largest absolute Gasteiger partial charge is 0.300 e. The van der Waals surface area contributed by atoms with Crippen LogP contribution in [0.15, 0.2) is 61.2 Å². The van der Waals surface area contributed by atoms with Gasteiger partial charge < -0.3 is 0 Å². The molecule has 0 aliphatic heterocycles. The molecule has 2 rings (SSSR count). The van der Waals surface area contributed by atoms with Crippen LogP contribution in [0.2, 0.25) is 0 Å². The van der Waals surface area contributed by atoms with Crippen molar-refractivity contribution in [1.29, 1.82) is 0 Å². The van der Waals surface area contributed by atoms with Crippen LogP contribution in [0.3, 0.4) is 0 Å². The predicted octanol–water partition coefficient (Wildman–Crippen LogP) is 6.56. The number of allylic oxidation sites excluding steroid dienone is 5. The molecule has 154 valence electrons. The van der Waals surface area contributed by atoms with Crippen molar-refractivity contribution in [2.24, 2.45) is 0 Å². The summed E-state index contributed by atoms with van der Waals surface area (Å²) in [5, 5.41) is 7.43. The summed E-state index contributed by atoms with van der Waals surface area (Å²) in [6.07, 6.45) is 12.2. The van der Waals surface area contributed by atoms with E-state index in [0.29, 0.717) is 12.8 Å². The van der Waals surface area contributed by atoms with Gasteiger partial charge in [-0.15, -0.1) is 0 Å². The molecule has 0 aliphatic rings. The molecule has 0 spiro atoms. The second-order valence-corrected chi connectivity index (χ2v) is 7.27. The van der Waals surface area contributed by atoms with Crippen LogP contribution >= 0.6 is 0 Å². The number of carbonyl (C=O) groups excluding carboxylic acids is 1. The fourth-order valence-electron chi connectivity index (χ4n) is 3.49. The molecule has 0 saturated heterocycles. The van der Waals surface area contributed by atoms with Crippen LogP contribution in [-0.2, 0) is 11.2 Å². The minimum atomic E-state index is -0.241. The first-order valence-corrected chi connectivity index (χ1v) is 10.3. The Morgan fingerprint density at radius 1 is 1.31 bits per heavy atom. The predicted molar refractivity (Wildman–Crippen MR) is 118 cm³/mol. The minimum absolute atomic E-state index is 0.166. The van der Waals surface area contributed by atoms with Crippen molar-refractivity contribution >= 4 is 11.4 Å². The number of hydrogen-bond donors (Lipinski definition) is 1. The highest BCUT2D eigenvalue weighted by Crippen LogP contribution is 2.26. The highest BCUT2D eigenvalue weighted by molar-refractivity contribution is 5.79. The summed E-state index contributed by atoms with van der Waals surface area (Å²) in [6.45, 7) is 7.82. The van der Waals surface area contributed by atoms with Crippen LogP contribution in [0.5, 0.6) is 0 Å². The molecule has 1 aromatic heterocycles. The van der Waals surface area contributed by atoms with Gasteiger partial charge in [-0.2, -0.15) is 5.10 Å². The minimum Gasteiger partial charge on any atom is -0.300 e. The number of H-pyrrole nitrogens is 1. The van der Waals surface area contributed by atoms with Gasteiger partial charge in [0.1, 0.15) is 11.6 Å². The number of hydrogen-bond acceptors (Lipinski definition) is 2. The number of ketones is 1. The van der Waals surface area contributed by atoms with Gasteiger partial charge in [-0.25, -0.2) is 4.39 Å². The van der Waals surface area contributed by atoms with Gasteiger partial charge in [0.2, 0.25) is 0 Å². The third-order valence-electron chi connectivity index (χ3n) is 4.92. The van der Waals surface area contributed by atoms with Crippen LogP contribution in [0.4, 0.5) is 4.39 Å². The second kappa shape index (κ2) is 11.9. The maximum atomic E-state index is 13.2. The Bertz CT molecular complexity index is 846. The Balaban J connectivity index is 1.88. The van der Waals surface area contributed by atoms with Crippen molar-refractivity contribution in [3.8, 4) is 0 Å². The lowest BCUT2D eigenvalue weighted by molar-refractivity contribution is -0.119. The van der Waals surface area contributed by atoms with Crippen LogP contribution in [0.25, 0.3) is 5.57 Å². The molecule has 1 aromatic carbocycles. The van der Waals surface area contributed by atoms with Crippen molar-refractivity contribution in [3.63, 3.8) is 0 Å². The average Bonchev–Trinajstić information content (AvgIpc) is 3.17. The van der Waals surface area contributed by atoms with E-state index in [0.717, 1.165) is 48.2 Å². The number of nitrogens with zero attached hydrogens (tertiary/aromatic N) is 1. The number of aryl methyl sites for hydroxylation is 1. The Morgan fingerprint density at radius 2 is 2.07 bits per heavy atom. The molecule has 1 heterocycles. The molecule has 0 bridgehead atoms. The molecule has 0 fully saturated rings. The molecule has 1 N–H and O–H groups in total. The molecule has 4 heteroatoms. The lowest BCUT2D eigenvalue weighted by Crippen LogP contribution is -2.08. The van der Waals surface area contributed by atoms with E-state index in [4.69, 9.17) is 0 Å². The number of benzene rings is 1. The van der Waals surface area contributed by atoms with Crippen LogP contribution in [0, 0.1) is 5.82 Å². The van der Waals surface area contributed by atoms with E-state index in [1.165, 1.54) is 12.1 Å². The zero-order valence-electron chi connectivity index (χ0n) is 17.5. The van der Waals surface area contributed by atoms with E-state index in [2.05, 4.69) is 23.7 Å². The Labute approximate surface area is 173 Å². The Morgan fingerprint density at radius 3 is 2.72 bits per heavy atom. The van der Waals surface area contributed by atoms with Crippen molar-refractivity contribution in [1.82, 2.24) is 10.2 Å². The fraction of sp³-hybridized carbons (Fsp3) is 0.360. The number of rotatable bonds is 12. The van der Waals surface area contributed by atoms with Gasteiger partial charge in [0.25, 0.3) is 0 Å². The van der Waals surface area contributed by atoms with Crippen LogP contribution in [-0.4, -0.2) is 16.0 Å². The summed E-state index contributed by atoms with van der Waals surface area (Å²) in [4.78, 5) is 12.5. The van der Waals surface area contributed by atoms with Crippen LogP contribution < -0.4 is 0 Å². The molecule has 1 atom stereocenters. The number of carbonyl (C=O) groups is 1. The maximum Gasteiger partial charge on any atom is 0.133 e. The quantitative estimate of drug-likeness (QED) is 0.414. The van der Waals surface area contributed by atoms with E-state index >= 15 is 0 Å². The maximum absolute atomic E-state index is 13.2. The molecule has 0 saturated carbocycles. The highest BCUT2D eigenvalue weighted by Gasteiger charge is 2.15. The van der Waals surface area contributed by atoms with Gasteiger partial charge in [0, 0.05) is 24.1 Å². The van der Waals surface area contributed by atoms with Gasteiger partial charge in [-0.05, 0) is 55.9 Å². The number of halogens is 1. The lowest BCUT2D eigenvalue weighted by Gasteiger charge is -2.16. The summed E-state index contributed by atoms with van der Waals surface area (Å²) in [6, 6.07) is 8.57. The standard InChI is InChI=1S/C25H31FN2O/c1-4-8-20(9-5-2)25-18-23(27-28-25)11-7-12-24(29)17-21(10-6-3)19-13-15-22(26)16-14-19/h4-5,8-9,13-16,18,21H,1,6-7,10-12,17H2,2-3H3,(H,27,28)/b9-5-,20-8+. The molecule has 1 unspecified atom stereocenters. The summed E-state index contributed by atoms with van der Waals surface area (Å²) >= 11 is 0. The van der Waals surface area contributed by atoms with Crippen molar-refractivity contribution in [3.05, 3.63) is 84.0 Å². The van der Waals surface area contributed by atoms with Crippen LogP contribution in [0.1, 0.15) is 68.8 Å². The Kier molecular flexibility index (Phi) is 9.29. The van der Waals surface area contributed by atoms with E-state index in [-0.39, 0.29) is 17.5 Å². The molecular weight excluding hydrogens is 363 g/mol. The molecule has 0 amide bonds. The topological polar surface area (TPSA) is 45.8 Å². The summed E-state index contributed by atoms with van der Waals surface area (Å²) in [7, 11) is 0. The molecule has 2 aromatic rings. The first-order chi connectivity index (χ1) is 14.1. The summed E-state index contributed by atoms with van der Waals surface area (Å²) in [5.41, 5.74) is 3.95. The molecular formula is C25H31FN2O. The normalized spacial score (nSPS) is 13.0. The third-order valence-corrected chi connectivity index (χ3v) is 4.92. The van der Waals surface area contributed by atoms with Gasteiger partial charge in [0.05, 0.1) is 5.69 Å². The highest BCUT2D eigenvalue weighted by atomic mass is 19.1. The molecule has 29 heavy (non-hydrogen) atoms. The van der Waals surface area contributed by atoms with E-state index < -0.39 is 0 Å². The SMILES string of the molecule is C=C/C=C(\C=C/C)c1cc(CCCC(=O)CC(CCC)c2ccc(F)cc2)[nH]n1. The van der Waals surface area contributed by atoms with E-state index in [9.17, 15) is 9.18 Å². The first kappa shape index (κ1) is 22.5. The lowest BCUT2D eigenvalue weighted by atomic mass is 9.88. The monoisotopic (exact) mass is 394 g/mol. The molecule has 3 nitrogen and oxygen atoms in total. The smallest absolute Gasteiger partial charge is 0.133 e. The fourth-order valence-corrected chi connectivity index (χ4v) is 3.49. The van der Waals surface area contributed by atoms with Crippen molar-refractivity contribution < 1.29 is 9.18 Å². The van der Waals surface area contributed by atoms with Crippen molar-refractivity contribution in [2.75, 3.05) is 0 Å².